The second kappa shape index (κ2) is 7.29. The van der Waals surface area contributed by atoms with Gasteiger partial charge in [-0.15, -0.1) is 0 Å². The smallest absolute Gasteiger partial charge is 0.298 e. The maximum absolute atomic E-state index is 12.4. The van der Waals surface area contributed by atoms with Crippen LogP contribution in [0.1, 0.15) is 20.3 Å². The average molecular weight is 341 g/mol. The summed E-state index contributed by atoms with van der Waals surface area (Å²) in [7, 11) is -2.22. The maximum atomic E-state index is 12.4. The van der Waals surface area contributed by atoms with E-state index in [0.717, 1.165) is 0 Å². The molecule has 0 radical (unpaired) electrons. The van der Waals surface area contributed by atoms with Gasteiger partial charge in [0.2, 0.25) is 5.91 Å². The highest BCUT2D eigenvalue weighted by Gasteiger charge is 2.35. The monoisotopic (exact) mass is 341 g/mol. The van der Waals surface area contributed by atoms with E-state index < -0.39 is 10.2 Å². The lowest BCUT2D eigenvalue weighted by molar-refractivity contribution is -0.122. The van der Waals surface area contributed by atoms with Crippen LogP contribution in [0, 0.1) is 11.8 Å². The Balaban J connectivity index is 1.99. The van der Waals surface area contributed by atoms with Crippen molar-refractivity contribution in [2.24, 2.45) is 11.8 Å². The van der Waals surface area contributed by atoms with E-state index in [2.05, 4.69) is 14.8 Å². The van der Waals surface area contributed by atoms with Crippen molar-refractivity contribution in [2.75, 3.05) is 23.7 Å². The van der Waals surface area contributed by atoms with Gasteiger partial charge in [-0.2, -0.15) is 8.42 Å². The van der Waals surface area contributed by atoms with Gasteiger partial charge in [0, 0.05) is 25.0 Å². The Morgan fingerprint density at radius 3 is 2.39 bits per heavy atom. The maximum Gasteiger partial charge on any atom is 0.298 e. The Morgan fingerprint density at radius 1 is 1.22 bits per heavy atom. The number of ether oxygens (including phenoxy) is 1. The quantitative estimate of drug-likeness (QED) is 0.731. The average Bonchev–Trinajstić information content (AvgIpc) is 2.99. The molecule has 1 aliphatic rings. The molecule has 0 unspecified atom stereocenters. The molecule has 1 heterocycles. The summed E-state index contributed by atoms with van der Waals surface area (Å²) in [5, 5.41) is 2.86. The van der Waals surface area contributed by atoms with Crippen LogP contribution in [0.25, 0.3) is 0 Å². The van der Waals surface area contributed by atoms with E-state index >= 15 is 0 Å². The molecule has 7 nitrogen and oxygen atoms in total. The number of carbonyl (C=O) groups excluding carboxylic acids is 1. The van der Waals surface area contributed by atoms with Crippen LogP contribution in [0.5, 0.6) is 0 Å². The fourth-order valence-electron chi connectivity index (χ4n) is 2.61. The molecular formula is C15H23N3O4S. The second-order valence-electron chi connectivity index (χ2n) is 5.85. The number of carbonyl (C=O) groups is 1. The van der Waals surface area contributed by atoms with Crippen LogP contribution in [0.2, 0.25) is 0 Å². The topological polar surface area (TPSA) is 96.5 Å². The standard InChI is InChI=1S/C15H23N3O4S/c1-10(2)14-13(8-9-22-14)15(19)17-11-4-6-12(7-5-11)18-23(20,21)16-3/h4-7,10,13-14,16,18H,8-9H2,1-3H3,(H,17,19)/t13-,14-/m0/s1. The lowest BCUT2D eigenvalue weighted by atomic mass is 9.92. The zero-order valence-electron chi connectivity index (χ0n) is 13.5. The van der Waals surface area contributed by atoms with Crippen molar-refractivity contribution in [3.8, 4) is 0 Å². The number of rotatable bonds is 6. The highest BCUT2D eigenvalue weighted by molar-refractivity contribution is 7.90. The third-order valence-electron chi connectivity index (χ3n) is 3.80. The van der Waals surface area contributed by atoms with Crippen LogP contribution in [-0.2, 0) is 19.7 Å². The zero-order chi connectivity index (χ0) is 17.0. The Bertz CT molecular complexity index is 643. The predicted octanol–water partition coefficient (Wildman–Crippen LogP) is 1.56. The molecule has 1 amide bonds. The molecule has 1 fully saturated rings. The van der Waals surface area contributed by atoms with Crippen molar-refractivity contribution in [2.45, 2.75) is 26.4 Å². The van der Waals surface area contributed by atoms with Crippen LogP contribution in [0.4, 0.5) is 11.4 Å². The molecule has 128 valence electrons. The molecule has 1 saturated heterocycles. The molecule has 0 aromatic heterocycles. The van der Waals surface area contributed by atoms with Crippen molar-refractivity contribution in [3.05, 3.63) is 24.3 Å². The predicted molar refractivity (Wildman–Crippen MR) is 89.4 cm³/mol. The first-order valence-electron chi connectivity index (χ1n) is 7.56. The summed E-state index contributed by atoms with van der Waals surface area (Å²) in [5.41, 5.74) is 1.04. The molecule has 0 saturated carbocycles. The fourth-order valence-corrected chi connectivity index (χ4v) is 3.16. The summed E-state index contributed by atoms with van der Waals surface area (Å²) in [5.74, 6) is 0.0637. The molecule has 0 spiro atoms. The van der Waals surface area contributed by atoms with E-state index in [-0.39, 0.29) is 23.8 Å². The lowest BCUT2D eigenvalue weighted by Gasteiger charge is -2.21. The van der Waals surface area contributed by atoms with E-state index in [1.807, 2.05) is 13.8 Å². The SMILES string of the molecule is CNS(=O)(=O)Nc1ccc(NC(=O)[C@H]2CCO[C@H]2C(C)C)cc1. The number of benzene rings is 1. The lowest BCUT2D eigenvalue weighted by Crippen LogP contribution is -2.32. The molecule has 3 N–H and O–H groups in total. The summed E-state index contributed by atoms with van der Waals surface area (Å²) in [6, 6.07) is 6.50. The third kappa shape index (κ3) is 4.66. The molecule has 8 heteroatoms. The molecule has 0 bridgehead atoms. The number of nitrogens with one attached hydrogen (secondary N) is 3. The van der Waals surface area contributed by atoms with Crippen LogP contribution in [0.15, 0.2) is 24.3 Å². The molecule has 2 atom stereocenters. The normalized spacial score (nSPS) is 21.4. The van der Waals surface area contributed by atoms with Gasteiger partial charge in [-0.25, -0.2) is 4.72 Å². The van der Waals surface area contributed by atoms with Crippen LogP contribution in [0.3, 0.4) is 0 Å². The first-order valence-corrected chi connectivity index (χ1v) is 9.04. The highest BCUT2D eigenvalue weighted by Crippen LogP contribution is 2.28. The Kier molecular flexibility index (Phi) is 5.61. The van der Waals surface area contributed by atoms with E-state index in [1.54, 1.807) is 24.3 Å². The van der Waals surface area contributed by atoms with Crippen molar-refractivity contribution >= 4 is 27.5 Å². The van der Waals surface area contributed by atoms with Gasteiger partial charge in [-0.05, 0) is 36.6 Å². The minimum atomic E-state index is -3.54. The van der Waals surface area contributed by atoms with E-state index in [1.165, 1.54) is 7.05 Å². The summed E-state index contributed by atoms with van der Waals surface area (Å²) >= 11 is 0. The summed E-state index contributed by atoms with van der Waals surface area (Å²) < 4.78 is 32.9. The van der Waals surface area contributed by atoms with Crippen LogP contribution >= 0.6 is 0 Å². The van der Waals surface area contributed by atoms with Gasteiger partial charge in [0.15, 0.2) is 0 Å². The first kappa shape index (κ1) is 17.7. The van der Waals surface area contributed by atoms with Gasteiger partial charge in [-0.3, -0.25) is 9.52 Å². The van der Waals surface area contributed by atoms with Crippen molar-refractivity contribution < 1.29 is 17.9 Å². The van der Waals surface area contributed by atoms with Crippen molar-refractivity contribution in [1.82, 2.24) is 4.72 Å². The molecule has 0 aliphatic carbocycles. The summed E-state index contributed by atoms with van der Waals surface area (Å²) in [6.45, 7) is 4.68. The van der Waals surface area contributed by atoms with E-state index in [4.69, 9.17) is 4.74 Å². The largest absolute Gasteiger partial charge is 0.377 e. The fraction of sp³-hybridized carbons (Fsp3) is 0.533. The first-order chi connectivity index (χ1) is 10.8. The minimum Gasteiger partial charge on any atom is -0.377 e. The van der Waals surface area contributed by atoms with Crippen LogP contribution < -0.4 is 14.8 Å². The highest BCUT2D eigenvalue weighted by atomic mass is 32.2. The third-order valence-corrected chi connectivity index (χ3v) is 4.84. The van der Waals surface area contributed by atoms with Gasteiger partial charge in [0.05, 0.1) is 12.0 Å². The molecule has 23 heavy (non-hydrogen) atoms. The Labute approximate surface area is 137 Å². The molecule has 1 aliphatic heterocycles. The number of hydrogen-bond donors (Lipinski definition) is 3. The summed E-state index contributed by atoms with van der Waals surface area (Å²) in [4.78, 5) is 12.4. The Hall–Kier alpha value is -1.64. The van der Waals surface area contributed by atoms with Gasteiger partial charge < -0.3 is 10.1 Å². The van der Waals surface area contributed by atoms with E-state index in [9.17, 15) is 13.2 Å². The van der Waals surface area contributed by atoms with Gasteiger partial charge >= 0.3 is 0 Å². The number of hydrogen-bond acceptors (Lipinski definition) is 4. The molecule has 1 aromatic rings. The van der Waals surface area contributed by atoms with Gasteiger partial charge in [-0.1, -0.05) is 13.8 Å². The van der Waals surface area contributed by atoms with E-state index in [0.29, 0.717) is 24.4 Å². The van der Waals surface area contributed by atoms with Gasteiger partial charge in [0.25, 0.3) is 10.2 Å². The molecule has 2 rings (SSSR count). The number of anilines is 2. The minimum absolute atomic E-state index is 0.0586. The zero-order valence-corrected chi connectivity index (χ0v) is 14.3. The number of amides is 1. The van der Waals surface area contributed by atoms with Crippen molar-refractivity contribution in [1.29, 1.82) is 0 Å². The molecular weight excluding hydrogens is 318 g/mol. The van der Waals surface area contributed by atoms with Crippen molar-refractivity contribution in [3.63, 3.8) is 0 Å². The Morgan fingerprint density at radius 2 is 1.83 bits per heavy atom. The summed E-state index contributed by atoms with van der Waals surface area (Å²) in [6.07, 6.45) is 0.658. The molecule has 1 aromatic carbocycles. The second-order valence-corrected chi connectivity index (χ2v) is 7.47. The van der Waals surface area contributed by atoms with Gasteiger partial charge in [0.1, 0.15) is 0 Å². The van der Waals surface area contributed by atoms with Crippen LogP contribution in [-0.4, -0.2) is 34.1 Å².